The Bertz CT molecular complexity index is 877. The van der Waals surface area contributed by atoms with Gasteiger partial charge in [0.05, 0.1) is 6.61 Å². The Morgan fingerprint density at radius 3 is 2.23 bits per heavy atom. The average molecular weight is 599 g/mol. The molecule has 3 fully saturated rings. The van der Waals surface area contributed by atoms with E-state index in [1.54, 1.807) is 5.57 Å². The molecule has 3 saturated carbocycles. The van der Waals surface area contributed by atoms with Crippen LogP contribution in [-0.2, 0) is 9.47 Å². The molecule has 4 aliphatic rings. The first kappa shape index (κ1) is 34.9. The number of unbranched alkanes of at least 4 members (excludes halogenated alkanes) is 9. The lowest BCUT2D eigenvalue weighted by atomic mass is 9.47. The molecule has 0 aromatic carbocycles. The van der Waals surface area contributed by atoms with Gasteiger partial charge in [-0.3, -0.25) is 0 Å². The second-order valence-corrected chi connectivity index (χ2v) is 16.6. The van der Waals surface area contributed by atoms with Crippen molar-refractivity contribution < 1.29 is 14.3 Å². The summed E-state index contributed by atoms with van der Waals surface area (Å²) >= 11 is 0. The quantitative estimate of drug-likeness (QED) is 0.0949. The molecule has 3 heteroatoms. The summed E-state index contributed by atoms with van der Waals surface area (Å²) in [6.45, 7) is 15.4. The van der Waals surface area contributed by atoms with Crippen molar-refractivity contribution in [3.63, 3.8) is 0 Å². The zero-order valence-corrected chi connectivity index (χ0v) is 29.4. The van der Waals surface area contributed by atoms with E-state index in [0.29, 0.717) is 17.4 Å². The van der Waals surface area contributed by atoms with Crippen LogP contribution in [0.5, 0.6) is 0 Å². The van der Waals surface area contributed by atoms with Crippen molar-refractivity contribution in [3.8, 4) is 0 Å². The van der Waals surface area contributed by atoms with Crippen LogP contribution in [0.4, 0.5) is 4.79 Å². The SMILES string of the molecule is CCCCCCCCCCCCOC(=O)O[C@H]1CC[C@@]2(C)C(=CC[C@@H]3[C@H]4CC[C@@H]([C@@H](C)CCCC(C)C)[C@]4(C)CC[C@H]32)C1. The van der Waals surface area contributed by atoms with Gasteiger partial charge in [-0.15, -0.1) is 0 Å². The Balaban J connectivity index is 1.19. The zero-order chi connectivity index (χ0) is 30.9. The van der Waals surface area contributed by atoms with Gasteiger partial charge >= 0.3 is 6.16 Å². The van der Waals surface area contributed by atoms with Gasteiger partial charge in [0.1, 0.15) is 6.10 Å². The number of hydrogen-bond acceptors (Lipinski definition) is 3. The molecule has 0 bridgehead atoms. The van der Waals surface area contributed by atoms with Crippen molar-refractivity contribution in [2.75, 3.05) is 6.61 Å². The summed E-state index contributed by atoms with van der Waals surface area (Å²) < 4.78 is 11.4. The summed E-state index contributed by atoms with van der Waals surface area (Å²) in [5.74, 6) is 5.17. The number of carbonyl (C=O) groups is 1. The van der Waals surface area contributed by atoms with Crippen molar-refractivity contribution in [1.29, 1.82) is 0 Å². The molecule has 0 unspecified atom stereocenters. The first-order chi connectivity index (χ1) is 20.7. The van der Waals surface area contributed by atoms with E-state index < -0.39 is 6.16 Å². The van der Waals surface area contributed by atoms with Gasteiger partial charge in [-0.2, -0.15) is 0 Å². The average Bonchev–Trinajstić information content (AvgIpc) is 3.33. The number of fused-ring (bicyclic) bond motifs is 5. The predicted molar refractivity (Wildman–Crippen MR) is 181 cm³/mol. The lowest BCUT2D eigenvalue weighted by Crippen LogP contribution is -2.51. The molecule has 0 saturated heterocycles. The van der Waals surface area contributed by atoms with Crippen LogP contribution in [0.25, 0.3) is 0 Å². The predicted octanol–water partition coefficient (Wildman–Crippen LogP) is 12.5. The van der Waals surface area contributed by atoms with Crippen LogP contribution >= 0.6 is 0 Å². The summed E-state index contributed by atoms with van der Waals surface area (Å²) in [5.41, 5.74) is 2.43. The van der Waals surface area contributed by atoms with Crippen molar-refractivity contribution in [1.82, 2.24) is 0 Å². The summed E-state index contributed by atoms with van der Waals surface area (Å²) in [4.78, 5) is 12.5. The molecular weight excluding hydrogens is 528 g/mol. The number of allylic oxidation sites excluding steroid dienone is 1. The van der Waals surface area contributed by atoms with Crippen LogP contribution in [0.15, 0.2) is 11.6 Å². The van der Waals surface area contributed by atoms with E-state index in [0.717, 1.165) is 67.6 Å². The fraction of sp³-hybridized carbons (Fsp3) is 0.925. The number of rotatable bonds is 17. The maximum atomic E-state index is 12.5. The van der Waals surface area contributed by atoms with Crippen LogP contribution in [-0.4, -0.2) is 18.9 Å². The smallest absolute Gasteiger partial charge is 0.434 e. The first-order valence-electron chi connectivity index (χ1n) is 19.2. The molecule has 0 radical (unpaired) electrons. The van der Waals surface area contributed by atoms with Gasteiger partial charge in [0, 0.05) is 6.42 Å². The maximum Gasteiger partial charge on any atom is 0.508 e. The Labute approximate surface area is 267 Å². The molecule has 4 rings (SSSR count). The van der Waals surface area contributed by atoms with Gasteiger partial charge in [-0.1, -0.05) is 130 Å². The first-order valence-corrected chi connectivity index (χ1v) is 19.2. The highest BCUT2D eigenvalue weighted by atomic mass is 16.7. The maximum absolute atomic E-state index is 12.5. The second kappa shape index (κ2) is 16.5. The molecule has 0 aromatic rings. The Kier molecular flexibility index (Phi) is 13.4. The van der Waals surface area contributed by atoms with Crippen LogP contribution in [0, 0.1) is 46.3 Å². The van der Waals surface area contributed by atoms with Crippen LogP contribution in [0.1, 0.15) is 176 Å². The van der Waals surface area contributed by atoms with Crippen LogP contribution in [0.2, 0.25) is 0 Å². The summed E-state index contributed by atoms with van der Waals surface area (Å²) in [6.07, 6.45) is 29.3. The third-order valence-electron chi connectivity index (χ3n) is 13.2. The Morgan fingerprint density at radius 2 is 1.53 bits per heavy atom. The normalized spacial score (nSPS) is 34.2. The molecule has 43 heavy (non-hydrogen) atoms. The fourth-order valence-corrected chi connectivity index (χ4v) is 10.7. The van der Waals surface area contributed by atoms with E-state index in [2.05, 4.69) is 47.6 Å². The third kappa shape index (κ3) is 8.84. The van der Waals surface area contributed by atoms with Crippen molar-refractivity contribution >= 4 is 6.16 Å². The highest BCUT2D eigenvalue weighted by molar-refractivity contribution is 5.60. The van der Waals surface area contributed by atoms with Crippen LogP contribution < -0.4 is 0 Å². The molecule has 0 amide bonds. The van der Waals surface area contributed by atoms with E-state index in [4.69, 9.17) is 9.47 Å². The number of ether oxygens (including phenoxy) is 2. The molecule has 0 aromatic heterocycles. The monoisotopic (exact) mass is 599 g/mol. The second-order valence-electron chi connectivity index (χ2n) is 16.6. The largest absolute Gasteiger partial charge is 0.508 e. The van der Waals surface area contributed by atoms with Crippen LogP contribution in [0.3, 0.4) is 0 Å². The lowest BCUT2D eigenvalue weighted by molar-refractivity contribution is -0.0617. The lowest BCUT2D eigenvalue weighted by Gasteiger charge is -2.58. The van der Waals surface area contributed by atoms with Crippen molar-refractivity contribution in [2.45, 2.75) is 182 Å². The van der Waals surface area contributed by atoms with E-state index in [1.807, 2.05) is 0 Å². The minimum absolute atomic E-state index is 0.00695. The summed E-state index contributed by atoms with van der Waals surface area (Å²) in [7, 11) is 0. The molecule has 0 N–H and O–H groups in total. The molecule has 0 spiro atoms. The van der Waals surface area contributed by atoms with Gasteiger partial charge in [0.2, 0.25) is 0 Å². The van der Waals surface area contributed by atoms with E-state index in [-0.39, 0.29) is 6.10 Å². The minimum atomic E-state index is -0.438. The topological polar surface area (TPSA) is 35.5 Å². The van der Waals surface area contributed by atoms with Gasteiger partial charge < -0.3 is 9.47 Å². The number of carbonyl (C=O) groups excluding carboxylic acids is 1. The Morgan fingerprint density at radius 1 is 0.837 bits per heavy atom. The molecule has 4 aliphatic carbocycles. The van der Waals surface area contributed by atoms with E-state index in [1.165, 1.54) is 103 Å². The Hall–Kier alpha value is -0.990. The van der Waals surface area contributed by atoms with Gasteiger partial charge in [0.15, 0.2) is 0 Å². The molecule has 0 aliphatic heterocycles. The molecule has 0 heterocycles. The molecule has 8 atom stereocenters. The standard InChI is InChI=1S/C40H70O3/c1-7-8-9-10-11-12-13-14-15-16-28-42-38(41)43-33-24-26-39(5)32(29-33)20-21-34-36-23-22-35(31(4)19-17-18-30(2)3)40(36,6)27-25-37(34)39/h20,30-31,33-37H,7-19,21-29H2,1-6H3/t31-,33-,34+,35-,36+,37+,39-,40-/m0/s1. The van der Waals surface area contributed by atoms with Crippen molar-refractivity contribution in [3.05, 3.63) is 11.6 Å². The number of hydrogen-bond donors (Lipinski definition) is 0. The molecule has 3 nitrogen and oxygen atoms in total. The highest BCUT2D eigenvalue weighted by Gasteiger charge is 2.59. The highest BCUT2D eigenvalue weighted by Crippen LogP contribution is 2.67. The van der Waals surface area contributed by atoms with Crippen molar-refractivity contribution in [2.24, 2.45) is 46.3 Å². The van der Waals surface area contributed by atoms with Gasteiger partial charge in [-0.25, -0.2) is 4.79 Å². The summed E-state index contributed by atoms with van der Waals surface area (Å²) in [6, 6.07) is 0. The molecular formula is C40H70O3. The minimum Gasteiger partial charge on any atom is -0.434 e. The van der Waals surface area contributed by atoms with E-state index in [9.17, 15) is 4.79 Å². The van der Waals surface area contributed by atoms with Gasteiger partial charge in [0.25, 0.3) is 0 Å². The summed E-state index contributed by atoms with van der Waals surface area (Å²) in [5, 5.41) is 0. The van der Waals surface area contributed by atoms with E-state index >= 15 is 0 Å². The molecule has 248 valence electrons. The van der Waals surface area contributed by atoms with Gasteiger partial charge in [-0.05, 0) is 97.7 Å². The third-order valence-corrected chi connectivity index (χ3v) is 13.2. The zero-order valence-electron chi connectivity index (χ0n) is 29.4. The fourth-order valence-electron chi connectivity index (χ4n) is 10.7.